The molecule has 1 heterocycles. The summed E-state index contributed by atoms with van der Waals surface area (Å²) in [4.78, 5) is 17.7. The van der Waals surface area contributed by atoms with E-state index < -0.39 is 0 Å². The van der Waals surface area contributed by atoms with E-state index in [0.717, 1.165) is 22.2 Å². The number of anilines is 2. The van der Waals surface area contributed by atoms with Crippen molar-refractivity contribution in [1.29, 1.82) is 0 Å². The van der Waals surface area contributed by atoms with Crippen LogP contribution in [0.4, 0.5) is 11.4 Å². The van der Waals surface area contributed by atoms with Crippen molar-refractivity contribution >= 4 is 39.8 Å². The molecular weight excluding hydrogens is 410 g/mol. The number of nitrogens with one attached hydrogen (secondary N) is 1. The minimum absolute atomic E-state index is 0.273. The molecule has 0 spiro atoms. The molecule has 3 aromatic carbocycles. The summed E-state index contributed by atoms with van der Waals surface area (Å²) >= 11 is 6.09. The van der Waals surface area contributed by atoms with E-state index in [1.54, 1.807) is 30.3 Å². The number of rotatable bonds is 5. The minimum atomic E-state index is -0.273. The summed E-state index contributed by atoms with van der Waals surface area (Å²) < 4.78 is 6.10. The van der Waals surface area contributed by atoms with Crippen molar-refractivity contribution in [2.75, 3.05) is 11.1 Å². The molecule has 1 aromatic heterocycles. The largest absolute Gasteiger partial charge is 0.456 e. The summed E-state index contributed by atoms with van der Waals surface area (Å²) in [6, 6.07) is 20.0. The van der Waals surface area contributed by atoms with Gasteiger partial charge in [-0.15, -0.1) is 0 Å². The first-order valence-electron chi connectivity index (χ1n) is 9.98. The number of amides is 1. The molecule has 0 fully saturated rings. The summed E-state index contributed by atoms with van der Waals surface area (Å²) in [6.45, 7) is 3.91. The third-order valence-corrected chi connectivity index (χ3v) is 5.20. The number of ether oxygens (including phenoxy) is 1. The third-order valence-electron chi connectivity index (χ3n) is 4.96. The van der Waals surface area contributed by atoms with Crippen LogP contribution in [0.3, 0.4) is 0 Å². The van der Waals surface area contributed by atoms with Gasteiger partial charge >= 0.3 is 0 Å². The predicted molar refractivity (Wildman–Crippen MR) is 126 cm³/mol. The van der Waals surface area contributed by atoms with E-state index in [-0.39, 0.29) is 5.91 Å². The highest BCUT2D eigenvalue weighted by atomic mass is 35.5. The van der Waals surface area contributed by atoms with Crippen LogP contribution >= 0.6 is 11.6 Å². The fourth-order valence-corrected chi connectivity index (χ4v) is 3.66. The lowest BCUT2D eigenvalue weighted by Gasteiger charge is -2.15. The molecule has 0 atom stereocenters. The minimum Gasteiger partial charge on any atom is -0.456 e. The van der Waals surface area contributed by atoms with Crippen molar-refractivity contribution in [3.05, 3.63) is 88.6 Å². The number of nitrogens with zero attached hydrogens (tertiary/aromatic N) is 1. The van der Waals surface area contributed by atoms with Gasteiger partial charge in [-0.25, -0.2) is 0 Å². The number of aryl methyl sites for hydroxylation is 2. The number of pyridine rings is 1. The Balaban J connectivity index is 1.68. The van der Waals surface area contributed by atoms with Gasteiger partial charge in [0.1, 0.15) is 11.5 Å². The van der Waals surface area contributed by atoms with E-state index in [9.17, 15) is 4.79 Å². The van der Waals surface area contributed by atoms with Gasteiger partial charge in [-0.05, 0) is 67.4 Å². The van der Waals surface area contributed by atoms with Crippen molar-refractivity contribution in [2.24, 2.45) is 0 Å². The Morgan fingerprint density at radius 3 is 2.68 bits per heavy atom. The highest BCUT2D eigenvalue weighted by molar-refractivity contribution is 6.30. The second kappa shape index (κ2) is 8.66. The predicted octanol–water partition coefficient (Wildman–Crippen LogP) is 6.39. The Hall–Kier alpha value is -3.57. The number of nitrogen functional groups attached to an aromatic ring is 1. The Labute approximate surface area is 185 Å². The summed E-state index contributed by atoms with van der Waals surface area (Å²) in [5.41, 5.74) is 10.4. The summed E-state index contributed by atoms with van der Waals surface area (Å²) in [6.07, 6.45) is 0.717. The lowest BCUT2D eigenvalue weighted by molar-refractivity contribution is 0.102. The van der Waals surface area contributed by atoms with E-state index in [2.05, 4.69) is 10.3 Å². The highest BCUT2D eigenvalue weighted by Gasteiger charge is 2.17. The van der Waals surface area contributed by atoms with Crippen LogP contribution in [0.15, 0.2) is 66.7 Å². The summed E-state index contributed by atoms with van der Waals surface area (Å²) in [5, 5.41) is 4.31. The molecule has 4 rings (SSSR count). The van der Waals surface area contributed by atoms with Crippen LogP contribution in [0.2, 0.25) is 5.02 Å². The van der Waals surface area contributed by atoms with Gasteiger partial charge in [0.25, 0.3) is 5.91 Å². The topological polar surface area (TPSA) is 77.2 Å². The molecule has 31 heavy (non-hydrogen) atoms. The standard InChI is InChI=1S/C25H22ClN3O2/c1-3-16-6-4-9-20(24(16)31-19-8-5-7-17(26)13-19)25(30)29-18-10-11-23-21(14-18)22(27)12-15(2)28-23/h4-14H,3H2,1-2H3,(H2,27,28)(H,29,30). The fraction of sp³-hybridized carbons (Fsp3) is 0.120. The number of fused-ring (bicyclic) bond motifs is 1. The highest BCUT2D eigenvalue weighted by Crippen LogP contribution is 2.32. The zero-order valence-corrected chi connectivity index (χ0v) is 18.0. The lowest BCUT2D eigenvalue weighted by atomic mass is 10.1. The molecule has 0 unspecified atom stereocenters. The van der Waals surface area contributed by atoms with Crippen molar-refractivity contribution in [3.63, 3.8) is 0 Å². The first kappa shape index (κ1) is 20.7. The molecule has 3 N–H and O–H groups in total. The van der Waals surface area contributed by atoms with E-state index >= 15 is 0 Å². The second-order valence-corrected chi connectivity index (χ2v) is 7.68. The second-order valence-electron chi connectivity index (χ2n) is 7.25. The monoisotopic (exact) mass is 431 g/mol. The quantitative estimate of drug-likeness (QED) is 0.384. The first-order valence-corrected chi connectivity index (χ1v) is 10.4. The summed E-state index contributed by atoms with van der Waals surface area (Å²) in [5.74, 6) is 0.815. The molecule has 1 amide bonds. The zero-order valence-electron chi connectivity index (χ0n) is 17.3. The Morgan fingerprint density at radius 2 is 1.90 bits per heavy atom. The molecule has 0 saturated carbocycles. The molecule has 0 bridgehead atoms. The smallest absolute Gasteiger partial charge is 0.259 e. The van der Waals surface area contributed by atoms with Crippen LogP contribution < -0.4 is 15.8 Å². The first-order chi connectivity index (χ1) is 14.9. The molecule has 0 saturated heterocycles. The number of carbonyl (C=O) groups is 1. The van der Waals surface area contributed by atoms with Crippen molar-refractivity contribution in [2.45, 2.75) is 20.3 Å². The molecule has 5 nitrogen and oxygen atoms in total. The maximum atomic E-state index is 13.2. The average Bonchev–Trinajstić information content (AvgIpc) is 2.74. The molecule has 0 radical (unpaired) electrons. The van der Waals surface area contributed by atoms with Crippen LogP contribution in [0.25, 0.3) is 10.9 Å². The van der Waals surface area contributed by atoms with Crippen LogP contribution in [-0.2, 0) is 6.42 Å². The number of carbonyl (C=O) groups excluding carboxylic acids is 1. The number of halogens is 1. The molecule has 0 aliphatic rings. The number of hydrogen-bond donors (Lipinski definition) is 2. The SMILES string of the molecule is CCc1cccc(C(=O)Nc2ccc3nc(C)cc(N)c3c2)c1Oc1cccc(Cl)c1. The zero-order chi connectivity index (χ0) is 22.0. The van der Waals surface area contributed by atoms with Gasteiger partial charge in [0, 0.05) is 27.5 Å². The number of nitrogens with two attached hydrogens (primary N) is 1. The molecule has 0 aliphatic carbocycles. The van der Waals surface area contributed by atoms with Gasteiger partial charge < -0.3 is 15.8 Å². The number of benzene rings is 3. The maximum absolute atomic E-state index is 13.2. The third kappa shape index (κ3) is 4.47. The normalized spacial score (nSPS) is 10.8. The van der Waals surface area contributed by atoms with E-state index in [0.29, 0.717) is 39.9 Å². The number of para-hydroxylation sites is 1. The van der Waals surface area contributed by atoms with E-state index in [4.69, 9.17) is 22.1 Å². The molecule has 156 valence electrons. The van der Waals surface area contributed by atoms with Gasteiger partial charge in [-0.1, -0.05) is 36.7 Å². The average molecular weight is 432 g/mol. The van der Waals surface area contributed by atoms with E-state index in [1.807, 2.05) is 50.2 Å². The molecule has 4 aromatic rings. The maximum Gasteiger partial charge on any atom is 0.259 e. The van der Waals surface area contributed by atoms with Crippen LogP contribution in [0.5, 0.6) is 11.5 Å². The lowest BCUT2D eigenvalue weighted by Crippen LogP contribution is -2.14. The van der Waals surface area contributed by atoms with Crippen molar-refractivity contribution < 1.29 is 9.53 Å². The Morgan fingerprint density at radius 1 is 1.10 bits per heavy atom. The van der Waals surface area contributed by atoms with Crippen LogP contribution in [-0.4, -0.2) is 10.9 Å². The Kier molecular flexibility index (Phi) is 5.78. The van der Waals surface area contributed by atoms with Gasteiger partial charge in [0.2, 0.25) is 0 Å². The van der Waals surface area contributed by atoms with Crippen molar-refractivity contribution in [1.82, 2.24) is 4.98 Å². The van der Waals surface area contributed by atoms with Gasteiger partial charge in [0.15, 0.2) is 0 Å². The van der Waals surface area contributed by atoms with E-state index in [1.165, 1.54) is 0 Å². The fourth-order valence-electron chi connectivity index (χ4n) is 3.48. The molecular formula is C25H22ClN3O2. The van der Waals surface area contributed by atoms with Crippen LogP contribution in [0, 0.1) is 6.92 Å². The van der Waals surface area contributed by atoms with Crippen LogP contribution in [0.1, 0.15) is 28.5 Å². The van der Waals surface area contributed by atoms with Crippen molar-refractivity contribution in [3.8, 4) is 11.5 Å². The Bertz CT molecular complexity index is 1290. The number of hydrogen-bond acceptors (Lipinski definition) is 4. The van der Waals surface area contributed by atoms with Gasteiger partial charge in [-0.3, -0.25) is 9.78 Å². The van der Waals surface area contributed by atoms with Gasteiger partial charge in [-0.2, -0.15) is 0 Å². The molecule has 0 aliphatic heterocycles. The molecule has 6 heteroatoms. The van der Waals surface area contributed by atoms with Gasteiger partial charge in [0.05, 0.1) is 11.1 Å². The number of aromatic nitrogens is 1. The summed E-state index contributed by atoms with van der Waals surface area (Å²) in [7, 11) is 0.